The molecule has 0 spiro atoms. The lowest BCUT2D eigenvalue weighted by molar-refractivity contribution is 0.473. The second kappa shape index (κ2) is 5.75. The molecule has 1 aliphatic heterocycles. The molecular weight excluding hydrogens is 220 g/mol. The number of para-hydroxylation sites is 1. The number of hydrogen-bond acceptors (Lipinski definition) is 2. The maximum Gasteiger partial charge on any atom is 0.0372 e. The average molecular weight is 244 g/mol. The molecule has 0 bridgehead atoms. The Labute approximate surface area is 110 Å². The van der Waals surface area contributed by atoms with E-state index in [9.17, 15) is 0 Å². The van der Waals surface area contributed by atoms with E-state index in [1.807, 2.05) is 0 Å². The predicted molar refractivity (Wildman–Crippen MR) is 77.0 cm³/mol. The second-order valence-corrected chi connectivity index (χ2v) is 5.90. The fourth-order valence-corrected chi connectivity index (χ4v) is 2.88. The number of rotatable bonds is 6. The van der Waals surface area contributed by atoms with E-state index in [2.05, 4.69) is 34.9 Å². The molecule has 0 amide bonds. The Morgan fingerprint density at radius 1 is 1.17 bits per heavy atom. The van der Waals surface area contributed by atoms with Crippen LogP contribution in [0.1, 0.15) is 31.2 Å². The standard InChI is InChI=1S/C16H24N2/c1-2-6-16-15(5-1)10-14(12-18-16)11-17-9-3-4-13-7-8-13/h1-2,5-6,13-14,17-18H,3-4,7-12H2. The Balaban J connectivity index is 1.36. The van der Waals surface area contributed by atoms with Gasteiger partial charge in [0.2, 0.25) is 0 Å². The molecule has 2 aliphatic rings. The van der Waals surface area contributed by atoms with Crippen LogP contribution in [0.2, 0.25) is 0 Å². The number of benzene rings is 1. The zero-order valence-electron chi connectivity index (χ0n) is 11.1. The molecule has 1 atom stereocenters. The zero-order valence-corrected chi connectivity index (χ0v) is 11.1. The van der Waals surface area contributed by atoms with Crippen LogP contribution in [0.3, 0.4) is 0 Å². The van der Waals surface area contributed by atoms with Crippen molar-refractivity contribution >= 4 is 5.69 Å². The first-order chi connectivity index (χ1) is 8.92. The lowest BCUT2D eigenvalue weighted by Crippen LogP contribution is -2.32. The Hall–Kier alpha value is -1.02. The highest BCUT2D eigenvalue weighted by Gasteiger charge is 2.20. The third-order valence-corrected chi connectivity index (χ3v) is 4.20. The molecule has 2 heteroatoms. The van der Waals surface area contributed by atoms with Gasteiger partial charge in [-0.1, -0.05) is 31.0 Å². The highest BCUT2D eigenvalue weighted by atomic mass is 14.9. The molecule has 3 rings (SSSR count). The molecule has 1 unspecified atom stereocenters. The van der Waals surface area contributed by atoms with Crippen LogP contribution in [0.5, 0.6) is 0 Å². The van der Waals surface area contributed by atoms with Crippen LogP contribution < -0.4 is 10.6 Å². The van der Waals surface area contributed by atoms with Gasteiger partial charge < -0.3 is 10.6 Å². The van der Waals surface area contributed by atoms with Crippen LogP contribution in [0, 0.1) is 11.8 Å². The van der Waals surface area contributed by atoms with Crippen molar-refractivity contribution in [3.8, 4) is 0 Å². The van der Waals surface area contributed by atoms with Crippen molar-refractivity contribution in [3.63, 3.8) is 0 Å². The number of fused-ring (bicyclic) bond motifs is 1. The summed E-state index contributed by atoms with van der Waals surface area (Å²) in [5.74, 6) is 1.83. The first-order valence-corrected chi connectivity index (χ1v) is 7.44. The average Bonchev–Trinajstić information content (AvgIpc) is 3.22. The van der Waals surface area contributed by atoms with Crippen molar-refractivity contribution in [1.82, 2.24) is 5.32 Å². The fraction of sp³-hybridized carbons (Fsp3) is 0.625. The topological polar surface area (TPSA) is 24.1 Å². The minimum absolute atomic E-state index is 0.751. The van der Waals surface area contributed by atoms with E-state index >= 15 is 0 Å². The van der Waals surface area contributed by atoms with Crippen molar-refractivity contribution in [2.75, 3.05) is 25.0 Å². The van der Waals surface area contributed by atoms with Crippen molar-refractivity contribution in [3.05, 3.63) is 29.8 Å². The van der Waals surface area contributed by atoms with E-state index in [0.717, 1.165) is 24.9 Å². The summed E-state index contributed by atoms with van der Waals surface area (Å²) >= 11 is 0. The lowest BCUT2D eigenvalue weighted by atomic mass is 9.94. The fourth-order valence-electron chi connectivity index (χ4n) is 2.88. The molecule has 18 heavy (non-hydrogen) atoms. The van der Waals surface area contributed by atoms with Gasteiger partial charge in [0.25, 0.3) is 0 Å². The van der Waals surface area contributed by atoms with Gasteiger partial charge in [-0.2, -0.15) is 0 Å². The molecule has 1 fully saturated rings. The van der Waals surface area contributed by atoms with Crippen molar-refractivity contribution in [2.45, 2.75) is 32.1 Å². The van der Waals surface area contributed by atoms with Crippen LogP contribution in [0.15, 0.2) is 24.3 Å². The Morgan fingerprint density at radius 2 is 2.06 bits per heavy atom. The minimum Gasteiger partial charge on any atom is -0.384 e. The normalized spacial score (nSPS) is 22.3. The van der Waals surface area contributed by atoms with Gasteiger partial charge in [-0.25, -0.2) is 0 Å². The van der Waals surface area contributed by atoms with Crippen LogP contribution in [0.25, 0.3) is 0 Å². The van der Waals surface area contributed by atoms with E-state index in [-0.39, 0.29) is 0 Å². The Morgan fingerprint density at radius 3 is 2.94 bits per heavy atom. The van der Waals surface area contributed by atoms with Gasteiger partial charge in [-0.05, 0) is 55.8 Å². The Bertz CT molecular complexity index is 384. The molecule has 0 saturated heterocycles. The SMILES string of the molecule is c1ccc2c(c1)CC(CNCCCC1CC1)CN2. The van der Waals surface area contributed by atoms with Gasteiger partial charge in [0.15, 0.2) is 0 Å². The monoisotopic (exact) mass is 244 g/mol. The van der Waals surface area contributed by atoms with Crippen LogP contribution in [-0.4, -0.2) is 19.6 Å². The summed E-state index contributed by atoms with van der Waals surface area (Å²) < 4.78 is 0. The first kappa shape index (κ1) is 12.0. The highest BCUT2D eigenvalue weighted by Crippen LogP contribution is 2.33. The summed E-state index contributed by atoms with van der Waals surface area (Å²) in [5.41, 5.74) is 2.82. The summed E-state index contributed by atoms with van der Waals surface area (Å²) in [7, 11) is 0. The van der Waals surface area contributed by atoms with E-state index < -0.39 is 0 Å². The molecule has 1 saturated carbocycles. The van der Waals surface area contributed by atoms with Crippen LogP contribution in [-0.2, 0) is 6.42 Å². The van der Waals surface area contributed by atoms with Gasteiger partial charge in [0, 0.05) is 12.2 Å². The molecule has 1 aromatic rings. The zero-order chi connectivity index (χ0) is 12.2. The highest BCUT2D eigenvalue weighted by molar-refractivity contribution is 5.53. The smallest absolute Gasteiger partial charge is 0.0372 e. The number of nitrogens with one attached hydrogen (secondary N) is 2. The van der Waals surface area contributed by atoms with E-state index in [1.54, 1.807) is 0 Å². The maximum atomic E-state index is 3.63. The molecule has 1 aromatic carbocycles. The van der Waals surface area contributed by atoms with Crippen LogP contribution >= 0.6 is 0 Å². The quantitative estimate of drug-likeness (QED) is 0.752. The van der Waals surface area contributed by atoms with E-state index in [4.69, 9.17) is 0 Å². The molecule has 98 valence electrons. The molecule has 1 aliphatic carbocycles. The third-order valence-electron chi connectivity index (χ3n) is 4.20. The first-order valence-electron chi connectivity index (χ1n) is 7.44. The Kier molecular flexibility index (Phi) is 3.84. The molecule has 1 heterocycles. The molecular formula is C16H24N2. The molecule has 0 aromatic heterocycles. The summed E-state index contributed by atoms with van der Waals surface area (Å²) in [6.45, 7) is 3.48. The number of hydrogen-bond donors (Lipinski definition) is 2. The maximum absolute atomic E-state index is 3.63. The van der Waals surface area contributed by atoms with Gasteiger partial charge >= 0.3 is 0 Å². The van der Waals surface area contributed by atoms with Crippen LogP contribution in [0.4, 0.5) is 5.69 Å². The summed E-state index contributed by atoms with van der Waals surface area (Å²) in [4.78, 5) is 0. The van der Waals surface area contributed by atoms with Crippen molar-refractivity contribution in [1.29, 1.82) is 0 Å². The summed E-state index contributed by atoms with van der Waals surface area (Å²) in [5, 5.41) is 7.17. The second-order valence-electron chi connectivity index (χ2n) is 5.90. The van der Waals surface area contributed by atoms with E-state index in [0.29, 0.717) is 0 Å². The number of anilines is 1. The lowest BCUT2D eigenvalue weighted by Gasteiger charge is -2.26. The van der Waals surface area contributed by atoms with Gasteiger partial charge in [-0.15, -0.1) is 0 Å². The van der Waals surface area contributed by atoms with Gasteiger partial charge in [-0.3, -0.25) is 0 Å². The van der Waals surface area contributed by atoms with Crippen molar-refractivity contribution < 1.29 is 0 Å². The molecule has 2 nitrogen and oxygen atoms in total. The van der Waals surface area contributed by atoms with Crippen molar-refractivity contribution in [2.24, 2.45) is 11.8 Å². The van der Waals surface area contributed by atoms with Gasteiger partial charge in [0.05, 0.1) is 0 Å². The summed E-state index contributed by atoms with van der Waals surface area (Å²) in [6.07, 6.45) is 7.01. The molecule has 2 N–H and O–H groups in total. The molecule has 0 radical (unpaired) electrons. The van der Waals surface area contributed by atoms with E-state index in [1.165, 1.54) is 49.9 Å². The largest absolute Gasteiger partial charge is 0.384 e. The summed E-state index contributed by atoms with van der Waals surface area (Å²) in [6, 6.07) is 8.70. The third kappa shape index (κ3) is 3.26. The van der Waals surface area contributed by atoms with Gasteiger partial charge in [0.1, 0.15) is 0 Å². The minimum atomic E-state index is 0.751. The predicted octanol–water partition coefficient (Wildman–Crippen LogP) is 3.05.